The Bertz CT molecular complexity index is 1060. The van der Waals surface area contributed by atoms with Crippen molar-refractivity contribution in [2.24, 2.45) is 0 Å². The van der Waals surface area contributed by atoms with Crippen LogP contribution in [0.1, 0.15) is 46.3 Å². The van der Waals surface area contributed by atoms with Crippen molar-refractivity contribution in [3.63, 3.8) is 0 Å². The number of amides is 1. The number of ether oxygens (including phenoxy) is 1. The van der Waals surface area contributed by atoms with Crippen molar-refractivity contribution in [2.45, 2.75) is 44.8 Å². The van der Waals surface area contributed by atoms with Gasteiger partial charge in [-0.15, -0.1) is 0 Å². The summed E-state index contributed by atoms with van der Waals surface area (Å²) in [6.45, 7) is 1.69. The van der Waals surface area contributed by atoms with Crippen molar-refractivity contribution in [3.05, 3.63) is 76.9 Å². The zero-order valence-electron chi connectivity index (χ0n) is 17.6. The number of nitrogens with zero attached hydrogens (tertiary/aromatic N) is 2. The van der Waals surface area contributed by atoms with E-state index in [1.165, 1.54) is 7.11 Å². The molecule has 0 radical (unpaired) electrons. The fraction of sp³-hybridized carbons (Fsp3) is 0.333. The summed E-state index contributed by atoms with van der Waals surface area (Å²) < 4.78 is 22.0. The van der Waals surface area contributed by atoms with Gasteiger partial charge in [-0.3, -0.25) is 4.79 Å². The summed E-state index contributed by atoms with van der Waals surface area (Å²) in [6, 6.07) is 11.1. The second kappa shape index (κ2) is 8.89. The van der Waals surface area contributed by atoms with E-state index in [-0.39, 0.29) is 17.4 Å². The molecule has 0 saturated heterocycles. The largest absolute Gasteiger partial charge is 0.493 e. The first-order chi connectivity index (χ1) is 15.0. The molecule has 1 heterocycles. The van der Waals surface area contributed by atoms with E-state index in [2.05, 4.69) is 10.4 Å². The maximum absolute atomic E-state index is 15.1. The van der Waals surface area contributed by atoms with Crippen LogP contribution in [-0.2, 0) is 6.42 Å². The standard InChI is InChI=1S/C24H26FN3O3/c1-15-17(13-16-7-9-18(10-8-16)28-12-4-11-26-28)14-19(23(31-2)22(15)25)24(30)27-20-5-3-6-21(20)29/h4,7-12,14,20-21,29H,3,5-6,13H2,1-2H3,(H,27,30)/t20-,21-/m0/s1. The number of carbonyl (C=O) groups excluding carboxylic acids is 1. The highest BCUT2D eigenvalue weighted by atomic mass is 19.1. The molecule has 1 aromatic heterocycles. The van der Waals surface area contributed by atoms with Gasteiger partial charge in [-0.05, 0) is 73.6 Å². The summed E-state index contributed by atoms with van der Waals surface area (Å²) in [5.74, 6) is -1.04. The number of aromatic nitrogens is 2. The molecule has 0 spiro atoms. The number of rotatable bonds is 6. The number of hydrogen-bond acceptors (Lipinski definition) is 4. The van der Waals surface area contributed by atoms with Crippen molar-refractivity contribution >= 4 is 5.91 Å². The smallest absolute Gasteiger partial charge is 0.255 e. The predicted octanol–water partition coefficient (Wildman–Crippen LogP) is 3.56. The van der Waals surface area contributed by atoms with Gasteiger partial charge in [0, 0.05) is 12.4 Å². The fourth-order valence-corrected chi connectivity index (χ4v) is 4.09. The van der Waals surface area contributed by atoms with E-state index in [0.29, 0.717) is 30.4 Å². The minimum absolute atomic E-state index is 0.0692. The molecule has 162 valence electrons. The van der Waals surface area contributed by atoms with Crippen LogP contribution in [0.25, 0.3) is 5.69 Å². The zero-order chi connectivity index (χ0) is 22.0. The fourth-order valence-electron chi connectivity index (χ4n) is 4.09. The molecule has 1 fully saturated rings. The van der Waals surface area contributed by atoms with Gasteiger partial charge in [-0.1, -0.05) is 12.1 Å². The van der Waals surface area contributed by atoms with Gasteiger partial charge in [0.2, 0.25) is 0 Å². The second-order valence-corrected chi connectivity index (χ2v) is 7.93. The van der Waals surface area contributed by atoms with Gasteiger partial charge in [0.1, 0.15) is 0 Å². The molecule has 7 heteroatoms. The number of halogens is 1. The third-order valence-electron chi connectivity index (χ3n) is 5.92. The van der Waals surface area contributed by atoms with Crippen LogP contribution in [0.5, 0.6) is 5.75 Å². The number of benzene rings is 2. The molecule has 2 N–H and O–H groups in total. The molecule has 2 atom stereocenters. The number of nitrogens with one attached hydrogen (secondary N) is 1. The lowest BCUT2D eigenvalue weighted by molar-refractivity contribution is 0.0869. The number of hydrogen-bond donors (Lipinski definition) is 2. The Kier molecular flexibility index (Phi) is 6.04. The van der Waals surface area contributed by atoms with Crippen molar-refractivity contribution in [1.29, 1.82) is 0 Å². The van der Waals surface area contributed by atoms with Crippen LogP contribution < -0.4 is 10.1 Å². The Morgan fingerprint density at radius 2 is 2.10 bits per heavy atom. The van der Waals surface area contributed by atoms with Gasteiger partial charge in [-0.2, -0.15) is 5.10 Å². The minimum atomic E-state index is -0.571. The van der Waals surface area contributed by atoms with E-state index >= 15 is 4.39 Å². The molecule has 31 heavy (non-hydrogen) atoms. The summed E-state index contributed by atoms with van der Waals surface area (Å²) >= 11 is 0. The van der Waals surface area contributed by atoms with E-state index in [4.69, 9.17) is 4.74 Å². The molecule has 6 nitrogen and oxygen atoms in total. The van der Waals surface area contributed by atoms with Crippen LogP contribution in [0, 0.1) is 12.7 Å². The molecule has 3 aromatic rings. The van der Waals surface area contributed by atoms with Crippen LogP contribution in [0.3, 0.4) is 0 Å². The molecule has 1 saturated carbocycles. The molecule has 4 rings (SSSR count). The maximum atomic E-state index is 15.1. The number of methoxy groups -OCH3 is 1. The number of carbonyl (C=O) groups is 1. The van der Waals surface area contributed by atoms with E-state index in [1.807, 2.05) is 36.5 Å². The van der Waals surface area contributed by atoms with Crippen molar-refractivity contribution in [2.75, 3.05) is 7.11 Å². The van der Waals surface area contributed by atoms with Crippen LogP contribution in [0.4, 0.5) is 4.39 Å². The second-order valence-electron chi connectivity index (χ2n) is 7.93. The van der Waals surface area contributed by atoms with Crippen LogP contribution in [0.15, 0.2) is 48.8 Å². The molecule has 2 aromatic carbocycles. The van der Waals surface area contributed by atoms with E-state index in [9.17, 15) is 9.90 Å². The molecular weight excluding hydrogens is 397 g/mol. The molecule has 0 unspecified atom stereocenters. The van der Waals surface area contributed by atoms with Gasteiger partial charge >= 0.3 is 0 Å². The van der Waals surface area contributed by atoms with Gasteiger partial charge in [0.05, 0.1) is 30.5 Å². The normalized spacial score (nSPS) is 18.2. The van der Waals surface area contributed by atoms with E-state index in [1.54, 1.807) is 23.9 Å². The lowest BCUT2D eigenvalue weighted by Crippen LogP contribution is -2.40. The highest BCUT2D eigenvalue weighted by Gasteiger charge is 2.29. The molecule has 0 bridgehead atoms. The minimum Gasteiger partial charge on any atom is -0.493 e. The monoisotopic (exact) mass is 423 g/mol. The average molecular weight is 423 g/mol. The third-order valence-corrected chi connectivity index (χ3v) is 5.92. The molecule has 1 aliphatic rings. The summed E-state index contributed by atoms with van der Waals surface area (Å²) in [6.07, 6.45) is 5.70. The third kappa shape index (κ3) is 4.32. The Hall–Kier alpha value is -3.19. The van der Waals surface area contributed by atoms with Gasteiger partial charge in [-0.25, -0.2) is 9.07 Å². The first-order valence-electron chi connectivity index (χ1n) is 10.4. The first-order valence-corrected chi connectivity index (χ1v) is 10.4. The van der Waals surface area contributed by atoms with E-state index < -0.39 is 17.8 Å². The number of aliphatic hydroxyl groups excluding tert-OH is 1. The van der Waals surface area contributed by atoms with Crippen molar-refractivity contribution < 1.29 is 19.0 Å². The Labute approximate surface area is 180 Å². The topological polar surface area (TPSA) is 76.4 Å². The molecule has 0 aliphatic heterocycles. The number of aliphatic hydroxyl groups is 1. The van der Waals surface area contributed by atoms with Crippen LogP contribution in [-0.4, -0.2) is 40.0 Å². The molecule has 1 amide bonds. The Morgan fingerprint density at radius 1 is 1.32 bits per heavy atom. The predicted molar refractivity (Wildman–Crippen MR) is 115 cm³/mol. The highest BCUT2D eigenvalue weighted by Crippen LogP contribution is 2.30. The quantitative estimate of drug-likeness (QED) is 0.636. The lowest BCUT2D eigenvalue weighted by atomic mass is 9.96. The first kappa shape index (κ1) is 21.1. The van der Waals surface area contributed by atoms with Crippen molar-refractivity contribution in [1.82, 2.24) is 15.1 Å². The Morgan fingerprint density at radius 3 is 2.71 bits per heavy atom. The Balaban J connectivity index is 1.61. The summed E-state index contributed by atoms with van der Waals surface area (Å²) in [7, 11) is 1.35. The molecular formula is C24H26FN3O3. The summed E-state index contributed by atoms with van der Waals surface area (Å²) in [5.41, 5.74) is 3.23. The van der Waals surface area contributed by atoms with Crippen LogP contribution in [0.2, 0.25) is 0 Å². The maximum Gasteiger partial charge on any atom is 0.255 e. The van der Waals surface area contributed by atoms with Gasteiger partial charge in [0.15, 0.2) is 11.6 Å². The summed E-state index contributed by atoms with van der Waals surface area (Å²) in [4.78, 5) is 12.9. The highest BCUT2D eigenvalue weighted by molar-refractivity contribution is 5.97. The summed E-state index contributed by atoms with van der Waals surface area (Å²) in [5, 5.41) is 17.1. The van der Waals surface area contributed by atoms with E-state index in [0.717, 1.165) is 17.7 Å². The van der Waals surface area contributed by atoms with Gasteiger partial charge in [0.25, 0.3) is 5.91 Å². The van der Waals surface area contributed by atoms with Crippen LogP contribution >= 0.6 is 0 Å². The van der Waals surface area contributed by atoms with Crippen molar-refractivity contribution in [3.8, 4) is 11.4 Å². The lowest BCUT2D eigenvalue weighted by Gasteiger charge is -2.19. The SMILES string of the molecule is COc1c(C(=O)N[C@H]2CCC[C@@H]2O)cc(Cc2ccc(-n3cccn3)cc2)c(C)c1F. The zero-order valence-corrected chi connectivity index (χ0v) is 17.6. The van der Waals surface area contributed by atoms with Gasteiger partial charge < -0.3 is 15.2 Å². The average Bonchev–Trinajstić information content (AvgIpc) is 3.44. The molecule has 1 aliphatic carbocycles.